The number of nitrogens with one attached hydrogen (secondary N) is 2. The van der Waals surface area contributed by atoms with Gasteiger partial charge in [-0.25, -0.2) is 0 Å². The Morgan fingerprint density at radius 1 is 0.720 bits per heavy atom. The number of hydrogen-bond donors (Lipinski definition) is 2. The zero-order valence-corrected chi connectivity index (χ0v) is 16.9. The number of hydrogen-bond acceptors (Lipinski definition) is 3. The summed E-state index contributed by atoms with van der Waals surface area (Å²) in [5.74, 6) is 0.987. The minimum Gasteiger partial charge on any atom is -0.788 e. The van der Waals surface area contributed by atoms with E-state index >= 15 is 0 Å². The lowest BCUT2D eigenvalue weighted by Crippen LogP contribution is -2.25. The third-order valence-electron chi connectivity index (χ3n) is 4.71. The Bertz CT molecular complexity index is 283. The van der Waals surface area contributed by atoms with Gasteiger partial charge in [0.05, 0.1) is 0 Å². The van der Waals surface area contributed by atoms with Crippen molar-refractivity contribution in [1.82, 2.24) is 10.8 Å². The molecule has 0 atom stereocenters. The molecule has 0 heterocycles. The Morgan fingerprint density at radius 3 is 1.68 bits per heavy atom. The van der Waals surface area contributed by atoms with Gasteiger partial charge in [-0.1, -0.05) is 90.9 Å². The second kappa shape index (κ2) is 19.7. The quantitative estimate of drug-likeness (QED) is 0.231. The van der Waals surface area contributed by atoms with Crippen LogP contribution in [0.2, 0.25) is 0 Å². The molecule has 0 spiro atoms. The number of hydroxylamine groups is 1. The Balaban J connectivity index is 3.10. The van der Waals surface area contributed by atoms with Crippen molar-refractivity contribution in [3.05, 3.63) is 5.21 Å². The van der Waals surface area contributed by atoms with Crippen molar-refractivity contribution in [3.8, 4) is 0 Å². The van der Waals surface area contributed by atoms with E-state index in [0.29, 0.717) is 25.9 Å². The fourth-order valence-corrected chi connectivity index (χ4v) is 3.08. The molecule has 0 radical (unpaired) electrons. The zero-order chi connectivity index (χ0) is 18.6. The van der Waals surface area contributed by atoms with Crippen LogP contribution < -0.4 is 10.8 Å². The third-order valence-corrected chi connectivity index (χ3v) is 4.71. The lowest BCUT2D eigenvalue weighted by atomic mass is 10.0. The van der Waals surface area contributed by atoms with Crippen LogP contribution in [0, 0.1) is 11.1 Å². The van der Waals surface area contributed by atoms with Crippen LogP contribution in [-0.4, -0.2) is 19.0 Å². The molecular weight excluding hydrogens is 312 g/mol. The number of amides is 1. The van der Waals surface area contributed by atoms with Gasteiger partial charge in [-0.15, -0.1) is 0 Å². The molecule has 2 N–H and O–H groups in total. The van der Waals surface area contributed by atoms with E-state index < -0.39 is 0 Å². The van der Waals surface area contributed by atoms with Gasteiger partial charge in [0.15, 0.2) is 0 Å². The van der Waals surface area contributed by atoms with Crippen LogP contribution in [0.25, 0.3) is 0 Å². The molecule has 0 saturated heterocycles. The lowest BCUT2D eigenvalue weighted by molar-refractivity contribution is -0.121. The first-order chi connectivity index (χ1) is 12.2. The number of carbonyl (C=O) groups excluding carboxylic acids is 1. The molecule has 0 bridgehead atoms. The maximum absolute atomic E-state index is 11.5. The molecule has 0 aromatic carbocycles. The Kier molecular flexibility index (Phi) is 19.2. The highest BCUT2D eigenvalue weighted by molar-refractivity contribution is 5.75. The summed E-state index contributed by atoms with van der Waals surface area (Å²) < 4.78 is 0. The molecule has 150 valence electrons. The van der Waals surface area contributed by atoms with Crippen molar-refractivity contribution in [3.63, 3.8) is 0 Å². The Hall–Kier alpha value is -0.610. The molecule has 0 aromatic heterocycles. The summed E-state index contributed by atoms with van der Waals surface area (Å²) in [5, 5.41) is 12.9. The van der Waals surface area contributed by atoms with Crippen LogP contribution in [0.15, 0.2) is 0 Å². The molecule has 0 saturated carbocycles. The number of carbonyl (C=O) groups is 1. The van der Waals surface area contributed by atoms with Crippen LogP contribution in [0.1, 0.15) is 110 Å². The summed E-state index contributed by atoms with van der Waals surface area (Å²) in [4.78, 5) is 11.5. The van der Waals surface area contributed by atoms with E-state index in [1.165, 1.54) is 70.6 Å². The SMILES string of the molecule is CC(C)CCCCCCCCCCCCCCC(=O)NCCCN[O-]. The molecule has 4 nitrogen and oxygen atoms in total. The molecule has 4 heteroatoms. The van der Waals surface area contributed by atoms with Gasteiger partial charge in [-0.2, -0.15) is 0 Å². The van der Waals surface area contributed by atoms with Crippen LogP contribution in [0.4, 0.5) is 0 Å². The van der Waals surface area contributed by atoms with Crippen LogP contribution >= 0.6 is 0 Å². The zero-order valence-electron chi connectivity index (χ0n) is 16.9. The minimum atomic E-state index is 0.124. The minimum absolute atomic E-state index is 0.124. The largest absolute Gasteiger partial charge is 0.788 e. The van der Waals surface area contributed by atoms with Crippen molar-refractivity contribution < 1.29 is 4.79 Å². The summed E-state index contributed by atoms with van der Waals surface area (Å²) in [6, 6.07) is 0. The predicted molar refractivity (Wildman–Crippen MR) is 108 cm³/mol. The third kappa shape index (κ3) is 21.3. The van der Waals surface area contributed by atoms with Gasteiger partial charge in [-0.05, 0) is 25.3 Å². The maximum Gasteiger partial charge on any atom is 0.219 e. The highest BCUT2D eigenvalue weighted by Gasteiger charge is 2.00. The van der Waals surface area contributed by atoms with Gasteiger partial charge in [0.25, 0.3) is 0 Å². The van der Waals surface area contributed by atoms with Crippen molar-refractivity contribution >= 4 is 5.91 Å². The first-order valence-corrected chi connectivity index (χ1v) is 10.8. The van der Waals surface area contributed by atoms with Gasteiger partial charge >= 0.3 is 0 Å². The average molecular weight is 356 g/mol. The highest BCUT2D eigenvalue weighted by Crippen LogP contribution is 2.14. The van der Waals surface area contributed by atoms with Gasteiger partial charge in [0.1, 0.15) is 0 Å². The topological polar surface area (TPSA) is 64.2 Å². The molecule has 25 heavy (non-hydrogen) atoms. The molecule has 1 amide bonds. The van der Waals surface area contributed by atoms with Crippen molar-refractivity contribution in [2.75, 3.05) is 13.1 Å². The maximum atomic E-state index is 11.5. The Labute approximate surface area is 156 Å². The van der Waals surface area contributed by atoms with Crippen molar-refractivity contribution in [2.24, 2.45) is 5.92 Å². The second-order valence-electron chi connectivity index (χ2n) is 7.77. The molecule has 0 aliphatic heterocycles. The fourth-order valence-electron chi connectivity index (χ4n) is 3.08. The van der Waals surface area contributed by atoms with Gasteiger partial charge in [0.2, 0.25) is 5.91 Å². The van der Waals surface area contributed by atoms with Gasteiger partial charge in [0, 0.05) is 13.0 Å². The van der Waals surface area contributed by atoms with Gasteiger partial charge in [-0.3, -0.25) is 4.79 Å². The van der Waals surface area contributed by atoms with E-state index in [4.69, 9.17) is 0 Å². The van der Waals surface area contributed by atoms with Gasteiger partial charge < -0.3 is 16.0 Å². The molecule has 0 aromatic rings. The van der Waals surface area contributed by atoms with E-state index in [9.17, 15) is 10.0 Å². The first kappa shape index (κ1) is 24.4. The van der Waals surface area contributed by atoms with E-state index in [0.717, 1.165) is 18.8 Å². The smallest absolute Gasteiger partial charge is 0.219 e. The van der Waals surface area contributed by atoms with E-state index in [2.05, 4.69) is 19.2 Å². The van der Waals surface area contributed by atoms with Crippen molar-refractivity contribution in [1.29, 1.82) is 0 Å². The monoisotopic (exact) mass is 355 g/mol. The number of rotatable bonds is 19. The summed E-state index contributed by atoms with van der Waals surface area (Å²) >= 11 is 0. The normalized spacial score (nSPS) is 11.2. The van der Waals surface area contributed by atoms with Crippen LogP contribution in [0.3, 0.4) is 0 Å². The highest BCUT2D eigenvalue weighted by atomic mass is 16.5. The average Bonchev–Trinajstić information content (AvgIpc) is 2.58. The fraction of sp³-hybridized carbons (Fsp3) is 0.952. The molecule has 0 aliphatic rings. The van der Waals surface area contributed by atoms with E-state index in [-0.39, 0.29) is 5.91 Å². The summed E-state index contributed by atoms with van der Waals surface area (Å²) in [5.41, 5.74) is 1.84. The van der Waals surface area contributed by atoms with Crippen molar-refractivity contribution in [2.45, 2.75) is 110 Å². The first-order valence-electron chi connectivity index (χ1n) is 10.8. The molecule has 0 unspecified atom stereocenters. The second-order valence-corrected chi connectivity index (χ2v) is 7.77. The van der Waals surface area contributed by atoms with Crippen LogP contribution in [-0.2, 0) is 4.79 Å². The summed E-state index contributed by atoms with van der Waals surface area (Å²) in [7, 11) is 0. The Morgan fingerprint density at radius 2 is 1.20 bits per heavy atom. The van der Waals surface area contributed by atoms with E-state index in [1.54, 1.807) is 0 Å². The number of unbranched alkanes of at least 4 members (excludes halogenated alkanes) is 11. The summed E-state index contributed by atoms with van der Waals surface area (Å²) in [6.45, 7) is 5.64. The van der Waals surface area contributed by atoms with E-state index in [1.807, 2.05) is 5.48 Å². The summed E-state index contributed by atoms with van der Waals surface area (Å²) in [6.07, 6.45) is 18.6. The predicted octanol–water partition coefficient (Wildman–Crippen LogP) is 5.70. The standard InChI is InChI=1S/C21H43N2O2/c1-20(2)16-13-11-9-7-5-3-4-6-8-10-12-14-17-21(24)22-18-15-19-23-25/h20,23H,3-19H2,1-2H3,(H,22,24)/q-1. The van der Waals surface area contributed by atoms with Crippen LogP contribution in [0.5, 0.6) is 0 Å². The lowest BCUT2D eigenvalue weighted by Gasteiger charge is -2.08. The molecule has 0 fully saturated rings. The molecule has 0 aliphatic carbocycles. The molecular formula is C21H43N2O2-. The molecule has 0 rings (SSSR count).